The van der Waals surface area contributed by atoms with Crippen LogP contribution < -0.4 is 0 Å². The first kappa shape index (κ1) is 20.5. The summed E-state index contributed by atoms with van der Waals surface area (Å²) < 4.78 is 21.6. The number of nitrogens with zero attached hydrogens (tertiary/aromatic N) is 2. The van der Waals surface area contributed by atoms with Crippen molar-refractivity contribution < 1.29 is 33.8 Å². The molecule has 1 heterocycles. The quantitative estimate of drug-likeness (QED) is 0.615. The average molecular weight is 372 g/mol. The maximum absolute atomic E-state index is 10.9. The SMILES string of the molecule is O=[N+]([O-])c1ccc(O)c(CN2COCCOCCOCCOCCO2)c1. The summed E-state index contributed by atoms with van der Waals surface area (Å²) in [6.45, 7) is 3.54. The normalized spacial score (nSPS) is 19.4. The molecule has 26 heavy (non-hydrogen) atoms. The number of non-ortho nitro benzene ring substituents is 1. The van der Waals surface area contributed by atoms with Gasteiger partial charge in [-0.15, -0.1) is 0 Å². The van der Waals surface area contributed by atoms with E-state index in [9.17, 15) is 15.2 Å². The van der Waals surface area contributed by atoms with Gasteiger partial charge in [-0.2, -0.15) is 5.06 Å². The van der Waals surface area contributed by atoms with Crippen LogP contribution >= 0.6 is 0 Å². The van der Waals surface area contributed by atoms with Gasteiger partial charge in [-0.25, -0.2) is 0 Å². The second-order valence-electron chi connectivity index (χ2n) is 5.42. The molecule has 1 fully saturated rings. The fourth-order valence-electron chi connectivity index (χ4n) is 2.18. The smallest absolute Gasteiger partial charge is 0.270 e. The molecule has 2 rings (SSSR count). The van der Waals surface area contributed by atoms with E-state index in [4.69, 9.17) is 23.8 Å². The molecule has 146 valence electrons. The Morgan fingerprint density at radius 2 is 1.54 bits per heavy atom. The van der Waals surface area contributed by atoms with Crippen molar-refractivity contribution in [3.8, 4) is 5.75 Å². The number of hydrogen-bond acceptors (Lipinski definition) is 9. The summed E-state index contributed by atoms with van der Waals surface area (Å²) in [5, 5.41) is 22.3. The van der Waals surface area contributed by atoms with Crippen LogP contribution in [0.15, 0.2) is 18.2 Å². The van der Waals surface area contributed by atoms with Crippen molar-refractivity contribution in [3.63, 3.8) is 0 Å². The Labute approximate surface area is 151 Å². The van der Waals surface area contributed by atoms with Crippen molar-refractivity contribution in [2.75, 3.05) is 59.6 Å². The molecule has 0 bridgehead atoms. The Bertz CT molecular complexity index is 541. The number of phenolic OH excluding ortho intramolecular Hbond substituents is 1. The van der Waals surface area contributed by atoms with Crippen molar-refractivity contribution in [2.24, 2.45) is 0 Å². The molecule has 0 aliphatic carbocycles. The van der Waals surface area contributed by atoms with Gasteiger partial charge >= 0.3 is 0 Å². The van der Waals surface area contributed by atoms with E-state index < -0.39 is 4.92 Å². The summed E-state index contributed by atoms with van der Waals surface area (Å²) >= 11 is 0. The Hall–Kier alpha value is -1.82. The summed E-state index contributed by atoms with van der Waals surface area (Å²) in [5.41, 5.74) is 0.264. The summed E-state index contributed by atoms with van der Waals surface area (Å²) in [6, 6.07) is 3.85. The van der Waals surface area contributed by atoms with Crippen molar-refractivity contribution in [1.29, 1.82) is 0 Å². The highest BCUT2D eigenvalue weighted by Crippen LogP contribution is 2.24. The van der Waals surface area contributed by atoms with Crippen LogP contribution in [0, 0.1) is 10.1 Å². The minimum Gasteiger partial charge on any atom is -0.508 e. The van der Waals surface area contributed by atoms with Gasteiger partial charge in [0.25, 0.3) is 5.69 Å². The Balaban J connectivity index is 1.94. The Morgan fingerprint density at radius 1 is 0.962 bits per heavy atom. The highest BCUT2D eigenvalue weighted by atomic mass is 16.7. The van der Waals surface area contributed by atoms with Gasteiger partial charge in [0.2, 0.25) is 0 Å². The lowest BCUT2D eigenvalue weighted by atomic mass is 10.2. The Kier molecular flexibility index (Phi) is 9.24. The molecule has 0 saturated carbocycles. The predicted molar refractivity (Wildman–Crippen MR) is 89.5 cm³/mol. The topological polar surface area (TPSA) is 113 Å². The molecule has 1 aromatic carbocycles. The number of benzene rings is 1. The van der Waals surface area contributed by atoms with E-state index in [1.54, 1.807) is 0 Å². The lowest BCUT2D eigenvalue weighted by Crippen LogP contribution is -2.29. The van der Waals surface area contributed by atoms with E-state index >= 15 is 0 Å². The maximum Gasteiger partial charge on any atom is 0.270 e. The molecule has 0 amide bonds. The molecular formula is C16H24N2O8. The lowest BCUT2D eigenvalue weighted by Gasteiger charge is -2.22. The minimum atomic E-state index is -0.515. The summed E-state index contributed by atoms with van der Waals surface area (Å²) in [4.78, 5) is 16.0. The van der Waals surface area contributed by atoms with E-state index in [2.05, 4.69) is 0 Å². The first-order valence-corrected chi connectivity index (χ1v) is 8.32. The number of hydrogen-bond donors (Lipinski definition) is 1. The molecule has 0 unspecified atom stereocenters. The van der Waals surface area contributed by atoms with Gasteiger partial charge in [0.1, 0.15) is 12.5 Å². The number of aromatic hydroxyl groups is 1. The molecule has 1 saturated heterocycles. The van der Waals surface area contributed by atoms with E-state index in [-0.39, 0.29) is 31.3 Å². The van der Waals surface area contributed by atoms with Crippen LogP contribution in [0.4, 0.5) is 5.69 Å². The first-order chi connectivity index (χ1) is 12.7. The third-order valence-electron chi connectivity index (χ3n) is 3.47. The van der Waals surface area contributed by atoms with Gasteiger partial charge in [-0.3, -0.25) is 15.0 Å². The minimum absolute atomic E-state index is 0.0492. The van der Waals surface area contributed by atoms with Crippen LogP contribution in [0.5, 0.6) is 5.75 Å². The van der Waals surface area contributed by atoms with Crippen LogP contribution in [-0.4, -0.2) is 74.7 Å². The highest BCUT2D eigenvalue weighted by Gasteiger charge is 2.15. The Morgan fingerprint density at radius 3 is 2.15 bits per heavy atom. The van der Waals surface area contributed by atoms with Gasteiger partial charge in [0, 0.05) is 17.7 Å². The average Bonchev–Trinajstić information content (AvgIpc) is 2.63. The molecular weight excluding hydrogens is 348 g/mol. The van der Waals surface area contributed by atoms with Gasteiger partial charge in [-0.1, -0.05) is 0 Å². The number of nitro benzene ring substituents is 1. The second-order valence-corrected chi connectivity index (χ2v) is 5.42. The monoisotopic (exact) mass is 372 g/mol. The van der Waals surface area contributed by atoms with Crippen molar-refractivity contribution >= 4 is 5.69 Å². The van der Waals surface area contributed by atoms with Crippen LogP contribution in [0.3, 0.4) is 0 Å². The molecule has 1 N–H and O–H groups in total. The predicted octanol–water partition coefficient (Wildman–Crippen LogP) is 1.07. The molecule has 1 aliphatic heterocycles. The van der Waals surface area contributed by atoms with E-state index in [1.807, 2.05) is 0 Å². The van der Waals surface area contributed by atoms with Crippen LogP contribution in [0.1, 0.15) is 5.56 Å². The first-order valence-electron chi connectivity index (χ1n) is 8.32. The number of hydroxylamine groups is 2. The lowest BCUT2D eigenvalue weighted by molar-refractivity contribution is -0.385. The van der Waals surface area contributed by atoms with Crippen molar-refractivity contribution in [1.82, 2.24) is 5.06 Å². The van der Waals surface area contributed by atoms with Gasteiger partial charge < -0.3 is 24.1 Å². The molecule has 0 atom stereocenters. The molecule has 1 aliphatic rings. The standard InChI is InChI=1S/C16H24N2O8/c19-16-2-1-15(18(20)21)11-14(16)12-17-13-25-8-7-23-4-3-22-5-6-24-9-10-26-17/h1-2,11,19H,3-10,12-13H2. The zero-order valence-electron chi connectivity index (χ0n) is 14.5. The van der Waals surface area contributed by atoms with E-state index in [1.165, 1.54) is 23.3 Å². The number of ether oxygens (including phenoxy) is 4. The summed E-state index contributed by atoms with van der Waals surface area (Å²) in [6.07, 6.45) is 0. The summed E-state index contributed by atoms with van der Waals surface area (Å²) in [7, 11) is 0. The van der Waals surface area contributed by atoms with Crippen molar-refractivity contribution in [2.45, 2.75) is 6.54 Å². The van der Waals surface area contributed by atoms with Crippen LogP contribution in [0.2, 0.25) is 0 Å². The molecule has 1 aromatic rings. The van der Waals surface area contributed by atoms with Gasteiger partial charge in [-0.05, 0) is 6.07 Å². The van der Waals surface area contributed by atoms with Gasteiger partial charge in [0.05, 0.1) is 64.3 Å². The highest BCUT2D eigenvalue weighted by molar-refractivity contribution is 5.42. The van der Waals surface area contributed by atoms with E-state index in [0.29, 0.717) is 51.8 Å². The van der Waals surface area contributed by atoms with Gasteiger partial charge in [0.15, 0.2) is 0 Å². The third-order valence-corrected chi connectivity index (χ3v) is 3.47. The number of rotatable bonds is 3. The number of phenols is 1. The second kappa shape index (κ2) is 11.7. The molecule has 0 radical (unpaired) electrons. The molecule has 10 nitrogen and oxygen atoms in total. The maximum atomic E-state index is 10.9. The fraction of sp³-hybridized carbons (Fsp3) is 0.625. The number of nitro groups is 1. The molecule has 0 spiro atoms. The fourth-order valence-corrected chi connectivity index (χ4v) is 2.18. The zero-order valence-corrected chi connectivity index (χ0v) is 14.5. The largest absolute Gasteiger partial charge is 0.508 e. The van der Waals surface area contributed by atoms with E-state index in [0.717, 1.165) is 0 Å². The molecule has 10 heteroatoms. The van der Waals surface area contributed by atoms with Crippen molar-refractivity contribution in [3.05, 3.63) is 33.9 Å². The van der Waals surface area contributed by atoms with Crippen LogP contribution in [-0.2, 0) is 30.3 Å². The third kappa shape index (κ3) is 7.60. The summed E-state index contributed by atoms with van der Waals surface area (Å²) in [5.74, 6) is -0.0492. The zero-order chi connectivity index (χ0) is 18.6. The van der Waals surface area contributed by atoms with Crippen LogP contribution in [0.25, 0.3) is 0 Å². The molecule has 0 aromatic heterocycles.